The van der Waals surface area contributed by atoms with Crippen molar-refractivity contribution in [2.75, 3.05) is 17.2 Å². The average Bonchev–Trinajstić information content (AvgIpc) is 3.15. The second-order valence-corrected chi connectivity index (χ2v) is 6.10. The molecule has 92 valence electrons. The molecule has 0 atom stereocenters. The van der Waals surface area contributed by atoms with Gasteiger partial charge in [0.15, 0.2) is 0 Å². The van der Waals surface area contributed by atoms with E-state index in [0.29, 0.717) is 6.04 Å². The molecule has 0 saturated heterocycles. The number of pyridine rings is 1. The topological polar surface area (TPSA) is 42.1 Å². The van der Waals surface area contributed by atoms with E-state index in [-0.39, 0.29) is 0 Å². The van der Waals surface area contributed by atoms with Gasteiger partial charge in [0.05, 0.1) is 16.4 Å². The van der Waals surface area contributed by atoms with Crippen LogP contribution in [0.3, 0.4) is 0 Å². The van der Waals surface area contributed by atoms with E-state index in [4.69, 9.17) is 5.73 Å². The smallest absolute Gasteiger partial charge is 0.143 e. The SMILES string of the molecule is Cc1c(N)cnc(N(CC2CC2)C2CC2)c1Br. The Labute approximate surface area is 111 Å². The van der Waals surface area contributed by atoms with Crippen LogP contribution in [0.2, 0.25) is 0 Å². The van der Waals surface area contributed by atoms with E-state index in [1.165, 1.54) is 32.2 Å². The molecular weight excluding hydrogens is 278 g/mol. The number of halogens is 1. The second kappa shape index (κ2) is 4.16. The first-order chi connectivity index (χ1) is 8.16. The number of anilines is 2. The molecule has 0 bridgehead atoms. The third-order valence-electron chi connectivity index (χ3n) is 3.70. The lowest BCUT2D eigenvalue weighted by molar-refractivity contribution is 0.707. The van der Waals surface area contributed by atoms with Crippen LogP contribution in [0.4, 0.5) is 11.5 Å². The van der Waals surface area contributed by atoms with Crippen LogP contribution in [-0.4, -0.2) is 17.6 Å². The highest BCUT2D eigenvalue weighted by atomic mass is 79.9. The van der Waals surface area contributed by atoms with Gasteiger partial charge in [-0.1, -0.05) is 0 Å². The molecular formula is C13H18BrN3. The highest BCUT2D eigenvalue weighted by Crippen LogP contribution is 2.40. The van der Waals surface area contributed by atoms with E-state index in [1.807, 2.05) is 6.92 Å². The fraction of sp³-hybridized carbons (Fsp3) is 0.615. The van der Waals surface area contributed by atoms with Crippen LogP contribution in [0.15, 0.2) is 10.7 Å². The third kappa shape index (κ3) is 2.28. The zero-order chi connectivity index (χ0) is 12.0. The van der Waals surface area contributed by atoms with Gasteiger partial charge in [-0.15, -0.1) is 0 Å². The Morgan fingerprint density at radius 2 is 2.12 bits per heavy atom. The Hall–Kier alpha value is -0.770. The second-order valence-electron chi connectivity index (χ2n) is 5.30. The zero-order valence-corrected chi connectivity index (χ0v) is 11.7. The van der Waals surface area contributed by atoms with Gasteiger partial charge in [0, 0.05) is 12.6 Å². The van der Waals surface area contributed by atoms with Crippen LogP contribution in [0.5, 0.6) is 0 Å². The van der Waals surface area contributed by atoms with E-state index in [0.717, 1.165) is 27.5 Å². The van der Waals surface area contributed by atoms with E-state index in [2.05, 4.69) is 25.8 Å². The van der Waals surface area contributed by atoms with Crippen LogP contribution in [0.25, 0.3) is 0 Å². The predicted octanol–water partition coefficient (Wildman–Crippen LogP) is 3.11. The van der Waals surface area contributed by atoms with Gasteiger partial charge in [0.2, 0.25) is 0 Å². The molecule has 0 spiro atoms. The number of nitrogens with zero attached hydrogens (tertiary/aromatic N) is 2. The number of nitrogens with two attached hydrogens (primary N) is 1. The van der Waals surface area contributed by atoms with Gasteiger partial charge in [-0.3, -0.25) is 0 Å². The predicted molar refractivity (Wildman–Crippen MR) is 74.2 cm³/mol. The van der Waals surface area contributed by atoms with Crippen molar-refractivity contribution in [1.82, 2.24) is 4.98 Å². The lowest BCUT2D eigenvalue weighted by Crippen LogP contribution is -2.29. The van der Waals surface area contributed by atoms with Crippen molar-refractivity contribution in [2.45, 2.75) is 38.6 Å². The summed E-state index contributed by atoms with van der Waals surface area (Å²) < 4.78 is 1.07. The van der Waals surface area contributed by atoms with E-state index in [9.17, 15) is 0 Å². The standard InChI is InChI=1S/C13H18BrN3/c1-8-11(15)6-16-13(12(8)14)17(10-4-5-10)7-9-2-3-9/h6,9-10H,2-5,7,15H2,1H3. The van der Waals surface area contributed by atoms with E-state index < -0.39 is 0 Å². The largest absolute Gasteiger partial charge is 0.397 e. The van der Waals surface area contributed by atoms with Gasteiger partial charge >= 0.3 is 0 Å². The summed E-state index contributed by atoms with van der Waals surface area (Å²) in [5, 5.41) is 0. The average molecular weight is 296 g/mol. The monoisotopic (exact) mass is 295 g/mol. The van der Waals surface area contributed by atoms with Gasteiger partial charge in [-0.2, -0.15) is 0 Å². The summed E-state index contributed by atoms with van der Waals surface area (Å²) in [7, 11) is 0. The first kappa shape index (κ1) is 11.3. The zero-order valence-electron chi connectivity index (χ0n) is 10.1. The molecule has 0 aliphatic heterocycles. The summed E-state index contributed by atoms with van der Waals surface area (Å²) in [5.41, 5.74) is 7.76. The molecule has 2 saturated carbocycles. The maximum absolute atomic E-state index is 5.88. The van der Waals surface area contributed by atoms with Crippen LogP contribution in [0.1, 0.15) is 31.2 Å². The Kier molecular flexibility index (Phi) is 2.77. The minimum Gasteiger partial charge on any atom is -0.397 e. The molecule has 1 aromatic heterocycles. The molecule has 3 rings (SSSR count). The lowest BCUT2D eigenvalue weighted by atomic mass is 10.2. The summed E-state index contributed by atoms with van der Waals surface area (Å²) >= 11 is 3.65. The van der Waals surface area contributed by atoms with Gasteiger partial charge in [-0.25, -0.2) is 4.98 Å². The Morgan fingerprint density at radius 1 is 1.41 bits per heavy atom. The molecule has 0 aromatic carbocycles. The molecule has 0 unspecified atom stereocenters. The number of nitrogen functional groups attached to an aromatic ring is 1. The fourth-order valence-electron chi connectivity index (χ4n) is 2.15. The van der Waals surface area contributed by atoms with Gasteiger partial charge < -0.3 is 10.6 Å². The highest BCUT2D eigenvalue weighted by Gasteiger charge is 2.35. The normalized spacial score (nSPS) is 19.4. The third-order valence-corrected chi connectivity index (χ3v) is 4.65. The van der Waals surface area contributed by atoms with Crippen molar-refractivity contribution in [3.8, 4) is 0 Å². The molecule has 1 aromatic rings. The van der Waals surface area contributed by atoms with Crippen molar-refractivity contribution < 1.29 is 0 Å². The van der Waals surface area contributed by atoms with Crippen molar-refractivity contribution >= 4 is 27.4 Å². The Bertz CT molecular complexity index is 439. The minimum atomic E-state index is 0.711. The first-order valence-electron chi connectivity index (χ1n) is 6.34. The van der Waals surface area contributed by atoms with Gasteiger partial charge in [0.25, 0.3) is 0 Å². The van der Waals surface area contributed by atoms with Crippen LogP contribution < -0.4 is 10.6 Å². The molecule has 3 nitrogen and oxygen atoms in total. The number of hydrogen-bond acceptors (Lipinski definition) is 3. The molecule has 0 amide bonds. The summed E-state index contributed by atoms with van der Waals surface area (Å²) in [6.45, 7) is 3.21. The quantitative estimate of drug-likeness (QED) is 0.928. The maximum atomic E-state index is 5.88. The summed E-state index contributed by atoms with van der Waals surface area (Å²) in [6, 6.07) is 0.711. The molecule has 2 aliphatic rings. The van der Waals surface area contributed by atoms with E-state index in [1.54, 1.807) is 6.20 Å². The van der Waals surface area contributed by atoms with E-state index >= 15 is 0 Å². The summed E-state index contributed by atoms with van der Waals surface area (Å²) in [6.07, 6.45) is 7.18. The highest BCUT2D eigenvalue weighted by molar-refractivity contribution is 9.10. The molecule has 2 aliphatic carbocycles. The van der Waals surface area contributed by atoms with Crippen molar-refractivity contribution in [1.29, 1.82) is 0 Å². The molecule has 2 fully saturated rings. The molecule has 4 heteroatoms. The molecule has 0 radical (unpaired) electrons. The van der Waals surface area contributed by atoms with Crippen molar-refractivity contribution in [3.63, 3.8) is 0 Å². The molecule has 17 heavy (non-hydrogen) atoms. The maximum Gasteiger partial charge on any atom is 0.143 e. The number of rotatable bonds is 4. The fourth-order valence-corrected chi connectivity index (χ4v) is 2.71. The van der Waals surface area contributed by atoms with Crippen LogP contribution in [-0.2, 0) is 0 Å². The van der Waals surface area contributed by atoms with Gasteiger partial charge in [0.1, 0.15) is 5.82 Å². The van der Waals surface area contributed by atoms with Gasteiger partial charge in [-0.05, 0) is 60.0 Å². The summed E-state index contributed by atoms with van der Waals surface area (Å²) in [5.74, 6) is 1.98. The number of hydrogen-bond donors (Lipinski definition) is 1. The van der Waals surface area contributed by atoms with Crippen LogP contribution in [0, 0.1) is 12.8 Å². The Balaban J connectivity index is 1.91. The number of aromatic nitrogens is 1. The molecule has 2 N–H and O–H groups in total. The minimum absolute atomic E-state index is 0.711. The first-order valence-corrected chi connectivity index (χ1v) is 7.13. The lowest BCUT2D eigenvalue weighted by Gasteiger charge is -2.25. The summed E-state index contributed by atoms with van der Waals surface area (Å²) in [4.78, 5) is 7.02. The Morgan fingerprint density at radius 3 is 2.71 bits per heavy atom. The van der Waals surface area contributed by atoms with Crippen LogP contribution >= 0.6 is 15.9 Å². The molecule has 1 heterocycles. The van der Waals surface area contributed by atoms with Crippen molar-refractivity contribution in [3.05, 3.63) is 16.2 Å². The van der Waals surface area contributed by atoms with Crippen molar-refractivity contribution in [2.24, 2.45) is 5.92 Å².